The SMILES string of the molecule is CC1=C([N+](=O)[O-])C(c2ccccc2OC(F)F)C2=C(CC(C)(C)CC2=O)N1. The first kappa shape index (κ1) is 19.0. The van der Waals surface area contributed by atoms with Gasteiger partial charge in [-0.1, -0.05) is 32.0 Å². The molecule has 144 valence electrons. The molecule has 0 saturated heterocycles. The molecule has 0 amide bonds. The number of allylic oxidation sites excluding steroid dienone is 3. The molecule has 1 aromatic carbocycles. The molecule has 1 aliphatic carbocycles. The van der Waals surface area contributed by atoms with Crippen molar-refractivity contribution in [2.24, 2.45) is 5.41 Å². The maximum absolute atomic E-state index is 12.9. The van der Waals surface area contributed by atoms with Crippen LogP contribution >= 0.6 is 0 Å². The van der Waals surface area contributed by atoms with E-state index in [-0.39, 0.29) is 40.2 Å². The number of carbonyl (C=O) groups excluding carboxylic acids is 1. The van der Waals surface area contributed by atoms with Crippen LogP contribution in [-0.4, -0.2) is 17.3 Å². The van der Waals surface area contributed by atoms with Crippen LogP contribution in [0.25, 0.3) is 0 Å². The van der Waals surface area contributed by atoms with Crippen molar-refractivity contribution in [1.29, 1.82) is 0 Å². The summed E-state index contributed by atoms with van der Waals surface area (Å²) in [6, 6.07) is 5.90. The summed E-state index contributed by atoms with van der Waals surface area (Å²) in [6.45, 7) is 2.37. The minimum atomic E-state index is -3.08. The second-order valence-electron chi connectivity index (χ2n) is 7.57. The van der Waals surface area contributed by atoms with Crippen LogP contribution in [-0.2, 0) is 4.79 Å². The molecule has 3 rings (SSSR count). The van der Waals surface area contributed by atoms with Crippen LogP contribution in [0.4, 0.5) is 8.78 Å². The number of hydrogen-bond donors (Lipinski definition) is 1. The van der Waals surface area contributed by atoms with Crippen LogP contribution in [0.5, 0.6) is 5.75 Å². The first-order chi connectivity index (χ1) is 12.6. The van der Waals surface area contributed by atoms with Gasteiger partial charge in [-0.15, -0.1) is 0 Å². The van der Waals surface area contributed by atoms with Crippen molar-refractivity contribution in [1.82, 2.24) is 5.32 Å². The molecule has 0 radical (unpaired) electrons. The topological polar surface area (TPSA) is 81.5 Å². The normalized spacial score (nSPS) is 21.9. The molecule has 0 bridgehead atoms. The van der Waals surface area contributed by atoms with Crippen LogP contribution in [0.15, 0.2) is 46.9 Å². The molecule has 1 N–H and O–H groups in total. The summed E-state index contributed by atoms with van der Waals surface area (Å²) in [5.74, 6) is -1.46. The fourth-order valence-electron chi connectivity index (χ4n) is 3.89. The first-order valence-electron chi connectivity index (χ1n) is 8.53. The highest BCUT2D eigenvalue weighted by Gasteiger charge is 2.46. The van der Waals surface area contributed by atoms with Gasteiger partial charge < -0.3 is 10.1 Å². The number of nitrogens with one attached hydrogen (secondary N) is 1. The fourth-order valence-corrected chi connectivity index (χ4v) is 3.89. The van der Waals surface area contributed by atoms with Crippen LogP contribution in [0.1, 0.15) is 45.1 Å². The molecule has 0 aromatic heterocycles. The first-order valence-corrected chi connectivity index (χ1v) is 8.53. The zero-order valence-corrected chi connectivity index (χ0v) is 15.2. The Morgan fingerprint density at radius 3 is 2.59 bits per heavy atom. The van der Waals surface area contributed by atoms with Gasteiger partial charge in [0.25, 0.3) is 5.70 Å². The lowest BCUT2D eigenvalue weighted by Crippen LogP contribution is -2.38. The van der Waals surface area contributed by atoms with E-state index in [2.05, 4.69) is 10.1 Å². The van der Waals surface area contributed by atoms with Crippen LogP contribution < -0.4 is 10.1 Å². The van der Waals surface area contributed by atoms with Gasteiger partial charge in [0, 0.05) is 23.3 Å². The molecule has 1 aromatic rings. The van der Waals surface area contributed by atoms with Crippen LogP contribution in [0.3, 0.4) is 0 Å². The van der Waals surface area contributed by atoms with E-state index < -0.39 is 17.5 Å². The van der Waals surface area contributed by atoms with Gasteiger partial charge in [-0.3, -0.25) is 14.9 Å². The van der Waals surface area contributed by atoms with Gasteiger partial charge in [0.15, 0.2) is 5.78 Å². The number of ketones is 1. The number of ether oxygens (including phenoxy) is 1. The van der Waals surface area contributed by atoms with Crippen molar-refractivity contribution < 1.29 is 23.2 Å². The van der Waals surface area contributed by atoms with Gasteiger partial charge in [0.2, 0.25) is 0 Å². The molecular weight excluding hydrogens is 358 g/mol. The van der Waals surface area contributed by atoms with E-state index in [9.17, 15) is 23.7 Å². The minimum absolute atomic E-state index is 0.170. The van der Waals surface area contributed by atoms with E-state index in [1.54, 1.807) is 13.0 Å². The van der Waals surface area contributed by atoms with E-state index in [0.717, 1.165) is 0 Å². The average molecular weight is 378 g/mol. The molecule has 1 aliphatic heterocycles. The third-order valence-electron chi connectivity index (χ3n) is 4.85. The predicted molar refractivity (Wildman–Crippen MR) is 93.7 cm³/mol. The predicted octanol–water partition coefficient (Wildman–Crippen LogP) is 4.13. The number of nitrogens with zero attached hydrogens (tertiary/aromatic N) is 1. The number of benzene rings is 1. The number of dihydropyridines is 1. The molecule has 27 heavy (non-hydrogen) atoms. The Bertz CT molecular complexity index is 874. The lowest BCUT2D eigenvalue weighted by atomic mass is 9.69. The number of para-hydroxylation sites is 1. The summed E-state index contributed by atoms with van der Waals surface area (Å²) in [6.07, 6.45) is 0.761. The van der Waals surface area contributed by atoms with E-state index >= 15 is 0 Å². The minimum Gasteiger partial charge on any atom is -0.435 e. The van der Waals surface area contributed by atoms with Gasteiger partial charge in [-0.05, 0) is 24.8 Å². The number of nitro groups is 1. The molecule has 1 atom stereocenters. The number of rotatable bonds is 4. The van der Waals surface area contributed by atoms with E-state index in [1.807, 2.05) is 13.8 Å². The Labute approximate surface area is 155 Å². The van der Waals surface area contributed by atoms with Crippen LogP contribution in [0.2, 0.25) is 0 Å². The van der Waals surface area contributed by atoms with Gasteiger partial charge >= 0.3 is 6.61 Å². The largest absolute Gasteiger partial charge is 0.435 e. The molecule has 0 fully saturated rings. The second-order valence-corrected chi connectivity index (χ2v) is 7.57. The highest BCUT2D eigenvalue weighted by atomic mass is 19.3. The second kappa shape index (κ2) is 6.75. The maximum atomic E-state index is 12.9. The fraction of sp³-hybridized carbons (Fsp3) is 0.421. The van der Waals surface area contributed by atoms with E-state index in [0.29, 0.717) is 17.8 Å². The van der Waals surface area contributed by atoms with Crippen molar-refractivity contribution in [3.63, 3.8) is 0 Å². The Morgan fingerprint density at radius 1 is 1.30 bits per heavy atom. The number of carbonyl (C=O) groups is 1. The van der Waals surface area contributed by atoms with Crippen LogP contribution in [0, 0.1) is 15.5 Å². The Kier molecular flexibility index (Phi) is 4.75. The van der Waals surface area contributed by atoms with Crippen molar-refractivity contribution >= 4 is 5.78 Å². The summed E-state index contributed by atoms with van der Waals surface area (Å²) < 4.78 is 30.3. The Hall–Kier alpha value is -2.77. The van der Waals surface area contributed by atoms with Gasteiger partial charge in [-0.2, -0.15) is 8.78 Å². The highest BCUT2D eigenvalue weighted by molar-refractivity contribution is 6.00. The van der Waals surface area contributed by atoms with Crippen molar-refractivity contribution in [3.8, 4) is 5.75 Å². The summed E-state index contributed by atoms with van der Waals surface area (Å²) >= 11 is 0. The lowest BCUT2D eigenvalue weighted by molar-refractivity contribution is -0.431. The van der Waals surface area contributed by atoms with Crippen molar-refractivity contribution in [2.45, 2.75) is 46.1 Å². The highest BCUT2D eigenvalue weighted by Crippen LogP contribution is 2.48. The van der Waals surface area contributed by atoms with E-state index in [1.165, 1.54) is 18.2 Å². The summed E-state index contributed by atoms with van der Waals surface area (Å²) in [4.78, 5) is 24.1. The molecule has 2 aliphatic rings. The third kappa shape index (κ3) is 3.56. The zero-order valence-electron chi connectivity index (χ0n) is 15.2. The monoisotopic (exact) mass is 378 g/mol. The number of alkyl halides is 2. The van der Waals surface area contributed by atoms with Crippen molar-refractivity contribution in [2.75, 3.05) is 0 Å². The quantitative estimate of drug-likeness (QED) is 0.629. The molecule has 0 spiro atoms. The van der Waals surface area contributed by atoms with Crippen molar-refractivity contribution in [3.05, 3.63) is 62.6 Å². The average Bonchev–Trinajstić information content (AvgIpc) is 2.51. The van der Waals surface area contributed by atoms with E-state index in [4.69, 9.17) is 0 Å². The lowest BCUT2D eigenvalue weighted by Gasteiger charge is -2.37. The van der Waals surface area contributed by atoms with Gasteiger partial charge in [0.05, 0.1) is 10.6 Å². The maximum Gasteiger partial charge on any atom is 0.387 e. The standard InChI is InChI=1S/C19H20F2N2O4/c1-10-17(23(25)26)15(11-6-4-5-7-14(11)27-18(20)21)16-12(22-10)8-19(2,3)9-13(16)24/h4-7,15,18,22H,8-9H2,1-3H3. The molecular formula is C19H20F2N2O4. The third-order valence-corrected chi connectivity index (χ3v) is 4.85. The summed E-state index contributed by atoms with van der Waals surface area (Å²) in [7, 11) is 0. The molecule has 8 heteroatoms. The zero-order chi connectivity index (χ0) is 19.9. The van der Waals surface area contributed by atoms with Gasteiger partial charge in [0.1, 0.15) is 11.7 Å². The Morgan fingerprint density at radius 2 is 1.96 bits per heavy atom. The molecule has 6 nitrogen and oxygen atoms in total. The smallest absolute Gasteiger partial charge is 0.387 e. The van der Waals surface area contributed by atoms with Gasteiger partial charge in [-0.25, -0.2) is 0 Å². The number of Topliss-reactive ketones (excluding diaryl/α,β-unsaturated/α-hetero) is 1. The molecule has 0 saturated carbocycles. The summed E-state index contributed by atoms with van der Waals surface area (Å²) in [5.41, 5.74) is 0.825. The molecule has 1 unspecified atom stereocenters. The number of halogens is 2. The number of hydrogen-bond acceptors (Lipinski definition) is 5. The summed E-state index contributed by atoms with van der Waals surface area (Å²) in [5, 5.41) is 14.8. The Balaban J connectivity index is 2.22. The molecule has 1 heterocycles.